The van der Waals surface area contributed by atoms with Gasteiger partial charge in [0.1, 0.15) is 11.5 Å². The second kappa shape index (κ2) is 4.48. The van der Waals surface area contributed by atoms with Crippen molar-refractivity contribution >= 4 is 0 Å². The monoisotopic (exact) mass is 284 g/mol. The van der Waals surface area contributed by atoms with E-state index in [2.05, 4.69) is 0 Å². The zero-order chi connectivity index (χ0) is 14.4. The van der Waals surface area contributed by atoms with Gasteiger partial charge in [-0.05, 0) is 35.4 Å². The van der Waals surface area contributed by atoms with Crippen LogP contribution in [0.3, 0.4) is 0 Å². The molecule has 4 heteroatoms. The first-order valence-electron chi connectivity index (χ1n) is 7.03. The van der Waals surface area contributed by atoms with E-state index in [9.17, 15) is 10.2 Å². The van der Waals surface area contributed by atoms with Gasteiger partial charge in [-0.15, -0.1) is 0 Å². The third-order valence-corrected chi connectivity index (χ3v) is 4.33. The Labute approximate surface area is 122 Å². The second-order valence-electron chi connectivity index (χ2n) is 5.61. The molecule has 2 aromatic rings. The van der Waals surface area contributed by atoms with Gasteiger partial charge in [0, 0.05) is 0 Å². The summed E-state index contributed by atoms with van der Waals surface area (Å²) in [5.74, 6) is 0.441. The second-order valence-corrected chi connectivity index (χ2v) is 5.61. The molecular weight excluding hydrogens is 268 g/mol. The van der Waals surface area contributed by atoms with Gasteiger partial charge in [0.2, 0.25) is 0 Å². The number of benzene rings is 2. The van der Waals surface area contributed by atoms with E-state index in [1.54, 1.807) is 24.3 Å². The minimum atomic E-state index is -0.475. The molecule has 2 aliphatic rings. The zero-order valence-electron chi connectivity index (χ0n) is 11.4. The Kier molecular flexibility index (Phi) is 2.71. The Bertz CT molecular complexity index is 614. The van der Waals surface area contributed by atoms with Gasteiger partial charge in [0.15, 0.2) is 0 Å². The molecule has 0 spiro atoms. The summed E-state index contributed by atoms with van der Waals surface area (Å²) < 4.78 is 11.2. The maximum atomic E-state index is 9.85. The van der Waals surface area contributed by atoms with Crippen LogP contribution in [0.2, 0.25) is 0 Å². The molecule has 0 bridgehead atoms. The summed E-state index contributed by atoms with van der Waals surface area (Å²) in [5.41, 5.74) is 1.44. The zero-order valence-corrected chi connectivity index (χ0v) is 11.4. The highest BCUT2D eigenvalue weighted by Crippen LogP contribution is 2.50. The van der Waals surface area contributed by atoms with Crippen molar-refractivity contribution < 1.29 is 19.7 Å². The van der Waals surface area contributed by atoms with Crippen LogP contribution >= 0.6 is 0 Å². The highest BCUT2D eigenvalue weighted by molar-refractivity contribution is 5.49. The van der Waals surface area contributed by atoms with E-state index in [-0.39, 0.29) is 23.7 Å². The summed E-state index contributed by atoms with van der Waals surface area (Å²) in [6, 6.07) is 14.4. The number of rotatable bonds is 4. The molecule has 4 nitrogen and oxygen atoms in total. The van der Waals surface area contributed by atoms with Crippen molar-refractivity contribution in [1.82, 2.24) is 0 Å². The molecule has 108 valence electrons. The molecule has 2 atom stereocenters. The summed E-state index contributed by atoms with van der Waals surface area (Å²) in [6.07, 6.45) is 0.0159. The number of hydrogen-bond donors (Lipinski definition) is 2. The third kappa shape index (κ3) is 1.99. The molecule has 2 N–H and O–H groups in total. The normalized spacial score (nSPS) is 23.8. The van der Waals surface area contributed by atoms with Crippen molar-refractivity contribution in [2.24, 2.45) is 0 Å². The van der Waals surface area contributed by atoms with E-state index >= 15 is 0 Å². The first-order chi connectivity index (χ1) is 10.2. The van der Waals surface area contributed by atoms with Crippen LogP contribution in [-0.2, 0) is 14.9 Å². The van der Waals surface area contributed by atoms with Gasteiger partial charge in [0.25, 0.3) is 0 Å². The molecule has 4 rings (SSSR count). The molecule has 0 aliphatic carbocycles. The molecule has 2 unspecified atom stereocenters. The Morgan fingerprint density at radius 1 is 0.810 bits per heavy atom. The average Bonchev–Trinajstić information content (AvgIpc) is 3.34. The van der Waals surface area contributed by atoms with Gasteiger partial charge in [-0.2, -0.15) is 0 Å². The third-order valence-electron chi connectivity index (χ3n) is 4.33. The van der Waals surface area contributed by atoms with Crippen LogP contribution in [-0.4, -0.2) is 35.6 Å². The van der Waals surface area contributed by atoms with Crippen LogP contribution in [0.4, 0.5) is 0 Å². The highest BCUT2D eigenvalue weighted by Gasteiger charge is 2.59. The largest absolute Gasteiger partial charge is 0.508 e. The summed E-state index contributed by atoms with van der Waals surface area (Å²) in [7, 11) is 0. The topological polar surface area (TPSA) is 65.5 Å². The molecule has 2 fully saturated rings. The lowest BCUT2D eigenvalue weighted by Crippen LogP contribution is -2.40. The van der Waals surface area contributed by atoms with Crippen molar-refractivity contribution in [2.75, 3.05) is 13.2 Å². The molecule has 0 saturated carbocycles. The maximum absolute atomic E-state index is 9.85. The summed E-state index contributed by atoms with van der Waals surface area (Å²) in [4.78, 5) is 0. The van der Waals surface area contributed by atoms with Crippen LogP contribution < -0.4 is 0 Å². The molecule has 0 radical (unpaired) electrons. The fourth-order valence-corrected chi connectivity index (χ4v) is 3.27. The number of phenols is 2. The maximum Gasteiger partial charge on any atom is 0.115 e. The lowest BCUT2D eigenvalue weighted by atomic mass is 9.69. The van der Waals surface area contributed by atoms with Gasteiger partial charge < -0.3 is 19.7 Å². The number of aromatic hydroxyl groups is 2. The lowest BCUT2D eigenvalue weighted by Gasteiger charge is -2.32. The van der Waals surface area contributed by atoms with Gasteiger partial charge >= 0.3 is 0 Å². The number of hydrogen-bond acceptors (Lipinski definition) is 4. The smallest absolute Gasteiger partial charge is 0.115 e. The number of phenolic OH excluding ortho intramolecular Hbond substituents is 2. The van der Waals surface area contributed by atoms with E-state index in [0.717, 1.165) is 11.1 Å². The average molecular weight is 284 g/mol. The Hall–Kier alpha value is -2.04. The van der Waals surface area contributed by atoms with Gasteiger partial charge in [-0.1, -0.05) is 24.3 Å². The molecular formula is C17H16O4. The Morgan fingerprint density at radius 2 is 1.24 bits per heavy atom. The molecule has 2 saturated heterocycles. The quantitative estimate of drug-likeness (QED) is 0.845. The van der Waals surface area contributed by atoms with Crippen molar-refractivity contribution in [2.45, 2.75) is 17.6 Å². The Morgan fingerprint density at radius 3 is 1.57 bits per heavy atom. The minimum absolute atomic E-state index is 0.00796. The molecule has 2 aromatic carbocycles. The number of epoxide rings is 2. The van der Waals surface area contributed by atoms with E-state index in [1.807, 2.05) is 24.3 Å². The SMILES string of the molecule is Oc1cccc(C(c2cccc(O)c2)(C2CO2)C2CO2)c1. The van der Waals surface area contributed by atoms with Crippen molar-refractivity contribution in [3.8, 4) is 11.5 Å². The van der Waals surface area contributed by atoms with E-state index in [4.69, 9.17) is 9.47 Å². The molecule has 2 aliphatic heterocycles. The van der Waals surface area contributed by atoms with Crippen LogP contribution in [0, 0.1) is 0 Å². The van der Waals surface area contributed by atoms with Crippen LogP contribution in [0.25, 0.3) is 0 Å². The molecule has 2 heterocycles. The van der Waals surface area contributed by atoms with Crippen LogP contribution in [0.15, 0.2) is 48.5 Å². The Balaban J connectivity index is 1.94. The lowest BCUT2D eigenvalue weighted by molar-refractivity contribution is 0.253. The summed E-state index contributed by atoms with van der Waals surface area (Å²) >= 11 is 0. The standard InChI is InChI=1S/C17H16O4/c18-13-5-1-3-11(7-13)17(15-9-20-15,16-10-21-16)12-4-2-6-14(19)8-12/h1-8,15-16,18-19H,9-10H2. The van der Waals surface area contributed by atoms with Gasteiger partial charge in [0.05, 0.1) is 30.8 Å². The summed E-state index contributed by atoms with van der Waals surface area (Å²) in [6.45, 7) is 1.32. The fraction of sp³-hybridized carbons (Fsp3) is 0.294. The van der Waals surface area contributed by atoms with Crippen LogP contribution in [0.5, 0.6) is 11.5 Å². The van der Waals surface area contributed by atoms with Crippen molar-refractivity contribution in [1.29, 1.82) is 0 Å². The van der Waals surface area contributed by atoms with Crippen molar-refractivity contribution in [3.63, 3.8) is 0 Å². The molecule has 0 amide bonds. The predicted molar refractivity (Wildman–Crippen MR) is 76.5 cm³/mol. The number of ether oxygens (including phenoxy) is 2. The van der Waals surface area contributed by atoms with E-state index in [1.165, 1.54) is 0 Å². The first kappa shape index (κ1) is 12.7. The molecule has 0 aromatic heterocycles. The first-order valence-corrected chi connectivity index (χ1v) is 7.03. The van der Waals surface area contributed by atoms with E-state index < -0.39 is 5.41 Å². The highest BCUT2D eigenvalue weighted by atomic mass is 16.6. The predicted octanol–water partition coefficient (Wildman–Crippen LogP) is 2.18. The minimum Gasteiger partial charge on any atom is -0.508 e. The van der Waals surface area contributed by atoms with Crippen molar-refractivity contribution in [3.05, 3.63) is 59.7 Å². The fourth-order valence-electron chi connectivity index (χ4n) is 3.27. The van der Waals surface area contributed by atoms with Crippen LogP contribution in [0.1, 0.15) is 11.1 Å². The summed E-state index contributed by atoms with van der Waals surface area (Å²) in [5, 5.41) is 19.7. The molecule has 21 heavy (non-hydrogen) atoms. The van der Waals surface area contributed by atoms with E-state index in [0.29, 0.717) is 13.2 Å². The van der Waals surface area contributed by atoms with Gasteiger partial charge in [-0.3, -0.25) is 0 Å². The van der Waals surface area contributed by atoms with Gasteiger partial charge in [-0.25, -0.2) is 0 Å².